The van der Waals surface area contributed by atoms with Gasteiger partial charge in [0.1, 0.15) is 0 Å². The third-order valence-electron chi connectivity index (χ3n) is 3.99. The maximum atomic E-state index is 12.4. The molecule has 0 heterocycles. The number of benzene rings is 1. The van der Waals surface area contributed by atoms with Crippen LogP contribution in [-0.2, 0) is 4.79 Å². The molecular weight excluding hydrogens is 316 g/mol. The number of nitrogen functional groups attached to an aromatic ring is 1. The summed E-state index contributed by atoms with van der Waals surface area (Å²) in [6.45, 7) is 1.99. The molecular formula is C16H23BrN2O. The number of hydrogen-bond donors (Lipinski definition) is 2. The second-order valence-corrected chi connectivity index (χ2v) is 6.60. The van der Waals surface area contributed by atoms with Gasteiger partial charge in [0.25, 0.3) is 0 Å². The molecule has 20 heavy (non-hydrogen) atoms. The van der Waals surface area contributed by atoms with Crippen molar-refractivity contribution in [3.05, 3.63) is 22.2 Å². The van der Waals surface area contributed by atoms with Crippen LogP contribution in [0, 0.1) is 12.8 Å². The van der Waals surface area contributed by atoms with Crippen molar-refractivity contribution in [3.8, 4) is 0 Å². The number of hydrogen-bond acceptors (Lipinski definition) is 2. The molecule has 1 amide bonds. The van der Waals surface area contributed by atoms with Gasteiger partial charge in [-0.05, 0) is 53.4 Å². The van der Waals surface area contributed by atoms with Gasteiger partial charge in [-0.3, -0.25) is 4.79 Å². The third-order valence-corrected chi connectivity index (χ3v) is 4.61. The molecule has 0 radical (unpaired) electrons. The van der Waals surface area contributed by atoms with Gasteiger partial charge in [0.05, 0.1) is 11.4 Å². The first-order valence-electron chi connectivity index (χ1n) is 7.44. The molecule has 1 aliphatic carbocycles. The summed E-state index contributed by atoms with van der Waals surface area (Å²) in [7, 11) is 0. The quantitative estimate of drug-likeness (QED) is 0.771. The summed E-state index contributed by atoms with van der Waals surface area (Å²) in [4.78, 5) is 12.4. The van der Waals surface area contributed by atoms with Crippen LogP contribution >= 0.6 is 15.9 Å². The van der Waals surface area contributed by atoms with Crippen molar-refractivity contribution in [2.75, 3.05) is 11.1 Å². The molecule has 1 aromatic carbocycles. The van der Waals surface area contributed by atoms with Gasteiger partial charge in [-0.25, -0.2) is 0 Å². The SMILES string of the molecule is Cc1cc(N)c(NC(=O)C2CCCCCCC2)c(Br)c1. The van der Waals surface area contributed by atoms with Crippen LogP contribution in [0.5, 0.6) is 0 Å². The Labute approximate surface area is 129 Å². The zero-order valence-corrected chi connectivity index (χ0v) is 13.6. The molecule has 0 atom stereocenters. The number of rotatable bonds is 2. The highest BCUT2D eigenvalue weighted by molar-refractivity contribution is 9.10. The van der Waals surface area contributed by atoms with Crippen LogP contribution in [0.4, 0.5) is 11.4 Å². The number of nitrogens with two attached hydrogens (primary N) is 1. The summed E-state index contributed by atoms with van der Waals surface area (Å²) in [6, 6.07) is 3.86. The molecule has 2 rings (SSSR count). The Morgan fingerprint density at radius 1 is 1.20 bits per heavy atom. The van der Waals surface area contributed by atoms with E-state index in [9.17, 15) is 4.79 Å². The molecule has 1 aliphatic rings. The number of amides is 1. The van der Waals surface area contributed by atoms with Crippen LogP contribution < -0.4 is 11.1 Å². The molecule has 0 aromatic heterocycles. The van der Waals surface area contributed by atoms with Crippen molar-refractivity contribution in [3.63, 3.8) is 0 Å². The van der Waals surface area contributed by atoms with Crippen molar-refractivity contribution in [1.29, 1.82) is 0 Å². The molecule has 0 bridgehead atoms. The monoisotopic (exact) mass is 338 g/mol. The Balaban J connectivity index is 2.06. The molecule has 3 nitrogen and oxygen atoms in total. The van der Waals surface area contributed by atoms with E-state index in [2.05, 4.69) is 21.2 Å². The number of anilines is 2. The predicted octanol–water partition coefficient (Wildman–Crippen LogP) is 4.64. The van der Waals surface area contributed by atoms with E-state index in [1.54, 1.807) is 0 Å². The number of carbonyl (C=O) groups is 1. The van der Waals surface area contributed by atoms with Crippen LogP contribution in [-0.4, -0.2) is 5.91 Å². The van der Waals surface area contributed by atoms with Crippen molar-refractivity contribution in [2.24, 2.45) is 5.92 Å². The Kier molecular flexibility index (Phi) is 5.46. The van der Waals surface area contributed by atoms with E-state index >= 15 is 0 Å². The molecule has 0 aliphatic heterocycles. The molecule has 1 aromatic rings. The Morgan fingerprint density at radius 3 is 2.40 bits per heavy atom. The smallest absolute Gasteiger partial charge is 0.227 e. The van der Waals surface area contributed by atoms with Gasteiger partial charge in [-0.1, -0.05) is 32.1 Å². The lowest BCUT2D eigenvalue weighted by Crippen LogP contribution is -2.24. The zero-order valence-electron chi connectivity index (χ0n) is 12.0. The summed E-state index contributed by atoms with van der Waals surface area (Å²) < 4.78 is 0.856. The number of aryl methyl sites for hydroxylation is 1. The average molecular weight is 339 g/mol. The molecule has 4 heteroatoms. The van der Waals surface area contributed by atoms with E-state index in [4.69, 9.17) is 5.73 Å². The van der Waals surface area contributed by atoms with Crippen molar-refractivity contribution in [1.82, 2.24) is 0 Å². The Bertz CT molecular complexity index is 456. The Morgan fingerprint density at radius 2 is 1.80 bits per heavy atom. The van der Waals surface area contributed by atoms with Gasteiger partial charge in [0, 0.05) is 10.4 Å². The van der Waals surface area contributed by atoms with Crippen molar-refractivity contribution < 1.29 is 4.79 Å². The van der Waals surface area contributed by atoms with Gasteiger partial charge in [-0.15, -0.1) is 0 Å². The van der Waals surface area contributed by atoms with Crippen LogP contribution in [0.1, 0.15) is 50.5 Å². The van der Waals surface area contributed by atoms with E-state index in [1.165, 1.54) is 19.3 Å². The first kappa shape index (κ1) is 15.4. The lowest BCUT2D eigenvalue weighted by Gasteiger charge is -2.20. The minimum Gasteiger partial charge on any atom is -0.397 e. The second-order valence-electron chi connectivity index (χ2n) is 5.74. The second kappa shape index (κ2) is 7.11. The fourth-order valence-electron chi connectivity index (χ4n) is 2.84. The van der Waals surface area contributed by atoms with Gasteiger partial charge >= 0.3 is 0 Å². The summed E-state index contributed by atoms with van der Waals surface area (Å²) in [5.41, 5.74) is 8.43. The zero-order chi connectivity index (χ0) is 14.5. The fraction of sp³-hybridized carbons (Fsp3) is 0.562. The standard InChI is InChI=1S/C16H23BrN2O/c1-11-9-13(17)15(14(18)10-11)19-16(20)12-7-5-3-2-4-6-8-12/h9-10,12H,2-8,18H2,1H3,(H,19,20). The minimum absolute atomic E-state index is 0.114. The lowest BCUT2D eigenvalue weighted by molar-refractivity contribution is -0.120. The van der Waals surface area contributed by atoms with Crippen molar-refractivity contribution in [2.45, 2.75) is 51.9 Å². The van der Waals surface area contributed by atoms with E-state index in [0.717, 1.165) is 35.7 Å². The minimum atomic E-state index is 0.114. The van der Waals surface area contributed by atoms with Gasteiger partial charge in [0.15, 0.2) is 0 Å². The van der Waals surface area contributed by atoms with Crippen molar-refractivity contribution >= 4 is 33.2 Å². The molecule has 0 spiro atoms. The molecule has 1 fully saturated rings. The summed E-state index contributed by atoms with van der Waals surface area (Å²) in [5, 5.41) is 3.01. The first-order chi connectivity index (χ1) is 9.58. The van der Waals surface area contributed by atoms with Crippen LogP contribution in [0.3, 0.4) is 0 Å². The van der Waals surface area contributed by atoms with E-state index < -0.39 is 0 Å². The first-order valence-corrected chi connectivity index (χ1v) is 8.23. The lowest BCUT2D eigenvalue weighted by atomic mass is 9.90. The summed E-state index contributed by atoms with van der Waals surface area (Å²) in [5.74, 6) is 0.242. The van der Waals surface area contributed by atoms with Crippen LogP contribution in [0.2, 0.25) is 0 Å². The fourth-order valence-corrected chi connectivity index (χ4v) is 3.53. The maximum Gasteiger partial charge on any atom is 0.227 e. The summed E-state index contributed by atoms with van der Waals surface area (Å²) in [6.07, 6.45) is 8.11. The number of nitrogens with one attached hydrogen (secondary N) is 1. The molecule has 0 saturated heterocycles. The summed E-state index contributed by atoms with van der Waals surface area (Å²) >= 11 is 3.48. The molecule has 0 unspecified atom stereocenters. The van der Waals surface area contributed by atoms with E-state index in [-0.39, 0.29) is 11.8 Å². The van der Waals surface area contributed by atoms with Gasteiger partial charge in [0.2, 0.25) is 5.91 Å². The van der Waals surface area contributed by atoms with Crippen LogP contribution in [0.25, 0.3) is 0 Å². The highest BCUT2D eigenvalue weighted by Gasteiger charge is 2.20. The highest BCUT2D eigenvalue weighted by atomic mass is 79.9. The largest absolute Gasteiger partial charge is 0.397 e. The third kappa shape index (κ3) is 3.98. The number of carbonyl (C=O) groups excluding carboxylic acids is 1. The van der Waals surface area contributed by atoms with Gasteiger partial charge in [-0.2, -0.15) is 0 Å². The predicted molar refractivity (Wildman–Crippen MR) is 87.7 cm³/mol. The number of halogens is 1. The maximum absolute atomic E-state index is 12.4. The molecule has 110 valence electrons. The van der Waals surface area contributed by atoms with Crippen LogP contribution in [0.15, 0.2) is 16.6 Å². The Hall–Kier alpha value is -1.03. The van der Waals surface area contributed by atoms with E-state index in [0.29, 0.717) is 11.4 Å². The molecule has 3 N–H and O–H groups in total. The highest BCUT2D eigenvalue weighted by Crippen LogP contribution is 2.32. The average Bonchev–Trinajstić information content (AvgIpc) is 2.33. The normalized spacial score (nSPS) is 17.3. The molecule has 1 saturated carbocycles. The topological polar surface area (TPSA) is 55.1 Å². The van der Waals surface area contributed by atoms with Gasteiger partial charge < -0.3 is 11.1 Å². The van der Waals surface area contributed by atoms with E-state index in [1.807, 2.05) is 19.1 Å².